The van der Waals surface area contributed by atoms with Crippen molar-refractivity contribution < 1.29 is 4.79 Å². The lowest BCUT2D eigenvalue weighted by molar-refractivity contribution is 0.102. The van der Waals surface area contributed by atoms with E-state index in [2.05, 4.69) is 29.2 Å². The average molecular weight is 294 g/mol. The first-order chi connectivity index (χ1) is 10.5. The maximum atomic E-state index is 12.2. The Hall–Kier alpha value is -2.69. The van der Waals surface area contributed by atoms with Gasteiger partial charge in [-0.1, -0.05) is 17.7 Å². The van der Waals surface area contributed by atoms with Gasteiger partial charge in [-0.05, 0) is 39.0 Å². The van der Waals surface area contributed by atoms with Crippen LogP contribution in [-0.4, -0.2) is 20.7 Å². The van der Waals surface area contributed by atoms with E-state index in [1.54, 1.807) is 12.4 Å². The van der Waals surface area contributed by atoms with Gasteiger partial charge in [-0.2, -0.15) is 5.10 Å². The third-order valence-corrected chi connectivity index (χ3v) is 3.49. The number of nitrogens with one attached hydrogen (secondary N) is 1. The summed E-state index contributed by atoms with van der Waals surface area (Å²) in [4.78, 5) is 16.6. The monoisotopic (exact) mass is 294 g/mol. The van der Waals surface area contributed by atoms with Crippen LogP contribution in [0.1, 0.15) is 35.8 Å². The number of benzene rings is 1. The molecule has 5 heteroatoms. The molecule has 0 aliphatic rings. The number of anilines is 1. The van der Waals surface area contributed by atoms with Crippen molar-refractivity contribution in [2.45, 2.75) is 26.8 Å². The maximum Gasteiger partial charge on any atom is 0.255 e. The van der Waals surface area contributed by atoms with Crippen LogP contribution in [0, 0.1) is 6.92 Å². The fourth-order valence-electron chi connectivity index (χ4n) is 2.29. The smallest absolute Gasteiger partial charge is 0.255 e. The molecule has 0 fully saturated rings. The number of carbonyl (C=O) groups is 1. The van der Waals surface area contributed by atoms with Crippen LogP contribution in [-0.2, 0) is 0 Å². The average Bonchev–Trinajstić information content (AvgIpc) is 2.91. The standard InChI is InChI=1S/C17H18N4O/c1-11(2)21-16-14(9-19-21)8-15(10-18-16)20-17(22)13-6-4-12(3)5-7-13/h4-11H,1-3H3,(H,20,22). The van der Waals surface area contributed by atoms with E-state index in [9.17, 15) is 4.79 Å². The fourth-order valence-corrected chi connectivity index (χ4v) is 2.29. The number of hydrogen-bond acceptors (Lipinski definition) is 3. The van der Waals surface area contributed by atoms with Crippen LogP contribution in [0.4, 0.5) is 5.69 Å². The third-order valence-electron chi connectivity index (χ3n) is 3.49. The molecule has 22 heavy (non-hydrogen) atoms. The molecule has 0 unspecified atom stereocenters. The second-order valence-corrected chi connectivity index (χ2v) is 5.64. The first-order valence-electron chi connectivity index (χ1n) is 7.26. The van der Waals surface area contributed by atoms with Crippen molar-refractivity contribution in [1.82, 2.24) is 14.8 Å². The zero-order valence-corrected chi connectivity index (χ0v) is 12.9. The van der Waals surface area contributed by atoms with Gasteiger partial charge in [-0.15, -0.1) is 0 Å². The summed E-state index contributed by atoms with van der Waals surface area (Å²) in [7, 11) is 0. The minimum absolute atomic E-state index is 0.141. The van der Waals surface area contributed by atoms with Gasteiger partial charge in [0.25, 0.3) is 5.91 Å². The Balaban J connectivity index is 1.85. The molecule has 0 aliphatic heterocycles. The highest BCUT2D eigenvalue weighted by Crippen LogP contribution is 2.19. The van der Waals surface area contributed by atoms with Gasteiger partial charge in [0.1, 0.15) is 0 Å². The number of hydrogen-bond donors (Lipinski definition) is 1. The number of fused-ring (bicyclic) bond motifs is 1. The summed E-state index contributed by atoms with van der Waals surface area (Å²) >= 11 is 0. The van der Waals surface area contributed by atoms with Crippen molar-refractivity contribution >= 4 is 22.6 Å². The SMILES string of the molecule is Cc1ccc(C(=O)Nc2cnc3c(cnn3C(C)C)c2)cc1. The molecule has 0 bridgehead atoms. The summed E-state index contributed by atoms with van der Waals surface area (Å²) in [6.07, 6.45) is 3.43. The van der Waals surface area contributed by atoms with E-state index in [1.807, 2.05) is 41.9 Å². The highest BCUT2D eigenvalue weighted by molar-refractivity contribution is 6.04. The predicted octanol–water partition coefficient (Wildman–Crippen LogP) is 3.57. The number of pyridine rings is 1. The van der Waals surface area contributed by atoms with Crippen molar-refractivity contribution in [2.24, 2.45) is 0 Å². The number of nitrogens with zero attached hydrogens (tertiary/aromatic N) is 3. The van der Waals surface area contributed by atoms with Gasteiger partial charge in [0, 0.05) is 17.0 Å². The van der Waals surface area contributed by atoms with Crippen molar-refractivity contribution in [3.05, 3.63) is 53.9 Å². The molecule has 2 aromatic heterocycles. The molecule has 0 spiro atoms. The van der Waals surface area contributed by atoms with E-state index in [0.717, 1.165) is 16.6 Å². The maximum absolute atomic E-state index is 12.2. The Morgan fingerprint density at radius 2 is 1.91 bits per heavy atom. The number of aryl methyl sites for hydroxylation is 1. The summed E-state index contributed by atoms with van der Waals surface area (Å²) in [5, 5.41) is 8.11. The first-order valence-corrected chi connectivity index (χ1v) is 7.26. The van der Waals surface area contributed by atoms with E-state index >= 15 is 0 Å². The molecular weight excluding hydrogens is 276 g/mol. The molecule has 2 heterocycles. The second-order valence-electron chi connectivity index (χ2n) is 5.64. The molecule has 0 saturated heterocycles. The Bertz CT molecular complexity index is 818. The Labute approximate surface area is 129 Å². The lowest BCUT2D eigenvalue weighted by Crippen LogP contribution is -2.12. The molecule has 1 amide bonds. The highest BCUT2D eigenvalue weighted by atomic mass is 16.1. The molecule has 0 radical (unpaired) electrons. The first kappa shape index (κ1) is 14.3. The lowest BCUT2D eigenvalue weighted by atomic mass is 10.1. The molecular formula is C17H18N4O. The summed E-state index contributed by atoms with van der Waals surface area (Å²) in [6, 6.07) is 9.60. The predicted molar refractivity (Wildman–Crippen MR) is 87.0 cm³/mol. The van der Waals surface area contributed by atoms with E-state index in [4.69, 9.17) is 0 Å². The number of aromatic nitrogens is 3. The van der Waals surface area contributed by atoms with Gasteiger partial charge in [0.05, 0.1) is 18.1 Å². The molecule has 0 aliphatic carbocycles. The summed E-state index contributed by atoms with van der Waals surface area (Å²) < 4.78 is 1.86. The van der Waals surface area contributed by atoms with Crippen LogP contribution >= 0.6 is 0 Å². The molecule has 5 nitrogen and oxygen atoms in total. The van der Waals surface area contributed by atoms with Crippen molar-refractivity contribution in [1.29, 1.82) is 0 Å². The quantitative estimate of drug-likeness (QED) is 0.803. The van der Waals surface area contributed by atoms with Crippen LogP contribution < -0.4 is 5.32 Å². The summed E-state index contributed by atoms with van der Waals surface area (Å²) in [5.74, 6) is -0.141. The van der Waals surface area contributed by atoms with Gasteiger partial charge in [-0.25, -0.2) is 9.67 Å². The van der Waals surface area contributed by atoms with Crippen LogP contribution in [0.3, 0.4) is 0 Å². The molecule has 1 aromatic carbocycles. The Kier molecular flexibility index (Phi) is 3.63. The molecule has 112 valence electrons. The molecule has 1 N–H and O–H groups in total. The molecule has 3 rings (SSSR count). The van der Waals surface area contributed by atoms with Gasteiger partial charge in [0.2, 0.25) is 0 Å². The zero-order chi connectivity index (χ0) is 15.7. The van der Waals surface area contributed by atoms with Crippen LogP contribution in [0.2, 0.25) is 0 Å². The fraction of sp³-hybridized carbons (Fsp3) is 0.235. The van der Waals surface area contributed by atoms with Gasteiger partial charge < -0.3 is 5.32 Å². The summed E-state index contributed by atoms with van der Waals surface area (Å²) in [5.41, 5.74) is 3.24. The van der Waals surface area contributed by atoms with Crippen LogP contribution in [0.15, 0.2) is 42.7 Å². The van der Waals surface area contributed by atoms with Crippen LogP contribution in [0.25, 0.3) is 11.0 Å². The largest absolute Gasteiger partial charge is 0.321 e. The Morgan fingerprint density at radius 1 is 1.18 bits per heavy atom. The third kappa shape index (κ3) is 2.70. The van der Waals surface area contributed by atoms with Gasteiger partial charge in [0.15, 0.2) is 5.65 Å². The van der Waals surface area contributed by atoms with E-state index in [1.165, 1.54) is 0 Å². The van der Waals surface area contributed by atoms with Crippen molar-refractivity contribution in [2.75, 3.05) is 5.32 Å². The Morgan fingerprint density at radius 3 is 2.59 bits per heavy atom. The number of rotatable bonds is 3. The second kappa shape index (κ2) is 5.60. The minimum Gasteiger partial charge on any atom is -0.321 e. The summed E-state index contributed by atoms with van der Waals surface area (Å²) in [6.45, 7) is 6.11. The van der Waals surface area contributed by atoms with Crippen molar-refractivity contribution in [3.63, 3.8) is 0 Å². The van der Waals surface area contributed by atoms with E-state index in [0.29, 0.717) is 11.3 Å². The molecule has 3 aromatic rings. The topological polar surface area (TPSA) is 59.8 Å². The number of carbonyl (C=O) groups excluding carboxylic acids is 1. The van der Waals surface area contributed by atoms with E-state index < -0.39 is 0 Å². The van der Waals surface area contributed by atoms with Gasteiger partial charge in [-0.3, -0.25) is 4.79 Å². The lowest BCUT2D eigenvalue weighted by Gasteiger charge is -2.08. The normalized spacial score (nSPS) is 11.1. The molecule has 0 saturated carbocycles. The highest BCUT2D eigenvalue weighted by Gasteiger charge is 2.10. The minimum atomic E-state index is -0.141. The van der Waals surface area contributed by atoms with Crippen LogP contribution in [0.5, 0.6) is 0 Å². The van der Waals surface area contributed by atoms with E-state index in [-0.39, 0.29) is 11.9 Å². The van der Waals surface area contributed by atoms with Gasteiger partial charge >= 0.3 is 0 Å². The van der Waals surface area contributed by atoms with Crippen molar-refractivity contribution in [3.8, 4) is 0 Å². The molecule has 0 atom stereocenters. The number of amides is 1. The zero-order valence-electron chi connectivity index (χ0n) is 12.9.